The molecule has 0 radical (unpaired) electrons. The average Bonchev–Trinajstić information content (AvgIpc) is 2.33. The van der Waals surface area contributed by atoms with Crippen molar-refractivity contribution in [1.82, 2.24) is 5.32 Å². The highest BCUT2D eigenvalue weighted by Gasteiger charge is 2.26. The van der Waals surface area contributed by atoms with Gasteiger partial charge in [-0.3, -0.25) is 14.6 Å². The Hall–Kier alpha value is -1.99. The van der Waals surface area contributed by atoms with Gasteiger partial charge in [0.2, 0.25) is 0 Å². The second kappa shape index (κ2) is 7.45. The summed E-state index contributed by atoms with van der Waals surface area (Å²) >= 11 is 0. The first kappa shape index (κ1) is 17.0. The van der Waals surface area contributed by atoms with E-state index in [1.807, 2.05) is 0 Å². The van der Waals surface area contributed by atoms with Gasteiger partial charge in [-0.25, -0.2) is 8.78 Å². The number of halogens is 2. The summed E-state index contributed by atoms with van der Waals surface area (Å²) in [5, 5.41) is 2.34. The Kier molecular flexibility index (Phi) is 6.67. The molecule has 1 amide bonds. The molecule has 0 saturated heterocycles. The van der Waals surface area contributed by atoms with E-state index in [0.29, 0.717) is 6.92 Å². The number of hydrogen-bond donors (Lipinski definition) is 2. The van der Waals surface area contributed by atoms with Crippen LogP contribution in [0.25, 0.3) is 0 Å². The maximum absolute atomic E-state index is 12.8. The molecule has 0 spiro atoms. The lowest BCUT2D eigenvalue weighted by atomic mass is 10.2. The van der Waals surface area contributed by atoms with Gasteiger partial charge in [0.1, 0.15) is 5.71 Å². The number of carbonyl (C=O) groups is 2. The van der Waals surface area contributed by atoms with Crippen LogP contribution in [0.4, 0.5) is 8.78 Å². The van der Waals surface area contributed by atoms with Crippen molar-refractivity contribution >= 4 is 17.6 Å². The van der Waals surface area contributed by atoms with Crippen LogP contribution in [0.1, 0.15) is 13.3 Å². The highest BCUT2D eigenvalue weighted by atomic mass is 19.3. The Labute approximate surface area is 109 Å². The number of aliphatic imine (C=N–C) groups is 1. The van der Waals surface area contributed by atoms with Crippen molar-refractivity contribution in [1.29, 1.82) is 0 Å². The first-order valence-corrected chi connectivity index (χ1v) is 5.39. The Balaban J connectivity index is 4.56. The summed E-state index contributed by atoms with van der Waals surface area (Å²) in [6.45, 7) is 0.627. The predicted octanol–water partition coefficient (Wildman–Crippen LogP) is 0.234. The number of ether oxygens (including phenoxy) is 1. The quantitative estimate of drug-likeness (QED) is 0.537. The molecule has 19 heavy (non-hydrogen) atoms. The molecule has 0 aromatic heterocycles. The number of nitrogens with two attached hydrogens (primary N) is 1. The van der Waals surface area contributed by atoms with Gasteiger partial charge in [0, 0.05) is 20.5 Å². The lowest BCUT2D eigenvalue weighted by Gasteiger charge is -2.11. The molecule has 8 heteroatoms. The molecule has 108 valence electrons. The number of methoxy groups -OCH3 is 1. The van der Waals surface area contributed by atoms with Crippen LogP contribution >= 0.6 is 0 Å². The molecular formula is C11H17F2N3O3. The minimum absolute atomic E-state index is 0.0147. The zero-order valence-corrected chi connectivity index (χ0v) is 11.0. The van der Waals surface area contributed by atoms with E-state index in [1.165, 1.54) is 14.2 Å². The number of alkyl halides is 2. The molecule has 0 rings (SSSR count). The molecule has 0 bridgehead atoms. The van der Waals surface area contributed by atoms with Gasteiger partial charge in [-0.2, -0.15) is 0 Å². The predicted molar refractivity (Wildman–Crippen MR) is 65.9 cm³/mol. The Morgan fingerprint density at radius 3 is 2.47 bits per heavy atom. The van der Waals surface area contributed by atoms with Gasteiger partial charge in [-0.15, -0.1) is 0 Å². The van der Waals surface area contributed by atoms with E-state index in [9.17, 15) is 18.4 Å². The van der Waals surface area contributed by atoms with Crippen LogP contribution < -0.4 is 11.1 Å². The lowest BCUT2D eigenvalue weighted by Crippen LogP contribution is -2.33. The maximum atomic E-state index is 12.8. The third kappa shape index (κ3) is 6.49. The molecule has 0 atom stereocenters. The molecule has 0 aliphatic carbocycles. The number of carbonyl (C=O) groups excluding carboxylic acids is 2. The van der Waals surface area contributed by atoms with Crippen LogP contribution in [0.3, 0.4) is 0 Å². The van der Waals surface area contributed by atoms with E-state index in [-0.39, 0.29) is 18.7 Å². The number of nitrogens with one attached hydrogen (secondary N) is 1. The van der Waals surface area contributed by atoms with E-state index in [1.54, 1.807) is 0 Å². The summed E-state index contributed by atoms with van der Waals surface area (Å²) in [5.41, 5.74) is 4.13. The number of allylic oxidation sites excluding steroid dienone is 1. The van der Waals surface area contributed by atoms with Crippen molar-refractivity contribution in [2.75, 3.05) is 20.7 Å². The van der Waals surface area contributed by atoms with Gasteiger partial charge in [0.15, 0.2) is 0 Å². The number of amides is 1. The molecule has 0 aromatic carbocycles. The zero-order valence-electron chi connectivity index (χ0n) is 11.0. The summed E-state index contributed by atoms with van der Waals surface area (Å²) in [6, 6.07) is 0. The lowest BCUT2D eigenvalue weighted by molar-refractivity contribution is -0.140. The Morgan fingerprint density at radius 2 is 2.05 bits per heavy atom. The fourth-order valence-corrected chi connectivity index (χ4v) is 0.976. The van der Waals surface area contributed by atoms with E-state index in [4.69, 9.17) is 5.73 Å². The number of nitrogens with zero attached hydrogens (tertiary/aromatic N) is 1. The third-order valence-electron chi connectivity index (χ3n) is 2.12. The van der Waals surface area contributed by atoms with Crippen LogP contribution in [-0.2, 0) is 14.3 Å². The summed E-state index contributed by atoms with van der Waals surface area (Å²) < 4.78 is 30.1. The smallest absolute Gasteiger partial charge is 0.307 e. The van der Waals surface area contributed by atoms with Gasteiger partial charge < -0.3 is 15.8 Å². The maximum Gasteiger partial charge on any atom is 0.307 e. The topological polar surface area (TPSA) is 93.8 Å². The van der Waals surface area contributed by atoms with Crippen LogP contribution in [0.15, 0.2) is 16.8 Å². The molecule has 0 saturated carbocycles. The molecule has 0 aliphatic rings. The second-order valence-electron chi connectivity index (χ2n) is 3.68. The fourth-order valence-electron chi connectivity index (χ4n) is 0.976. The van der Waals surface area contributed by atoms with E-state index < -0.39 is 23.5 Å². The van der Waals surface area contributed by atoms with Crippen LogP contribution in [0.2, 0.25) is 0 Å². The van der Waals surface area contributed by atoms with Crippen LogP contribution in [0.5, 0.6) is 0 Å². The third-order valence-corrected chi connectivity index (χ3v) is 2.12. The van der Waals surface area contributed by atoms with E-state index in [0.717, 1.165) is 6.08 Å². The highest BCUT2D eigenvalue weighted by Crippen LogP contribution is 2.18. The first-order chi connectivity index (χ1) is 8.72. The van der Waals surface area contributed by atoms with E-state index in [2.05, 4.69) is 15.0 Å². The second-order valence-corrected chi connectivity index (χ2v) is 3.68. The molecule has 0 aliphatic heterocycles. The van der Waals surface area contributed by atoms with Crippen molar-refractivity contribution in [3.8, 4) is 0 Å². The first-order valence-electron chi connectivity index (χ1n) is 5.39. The average molecular weight is 277 g/mol. The molecule has 0 fully saturated rings. The summed E-state index contributed by atoms with van der Waals surface area (Å²) in [5.74, 6) is -4.42. The van der Waals surface area contributed by atoms with Gasteiger partial charge >= 0.3 is 5.97 Å². The SMILES string of the molecule is CN=C(/C=C(\N)C(C)(F)F)C(=O)NCCC(=O)OC. The van der Waals surface area contributed by atoms with Crippen molar-refractivity contribution < 1.29 is 23.1 Å². The Bertz CT molecular complexity index is 400. The number of hydrogen-bond acceptors (Lipinski definition) is 5. The fraction of sp³-hybridized carbons (Fsp3) is 0.545. The van der Waals surface area contributed by atoms with Crippen molar-refractivity contribution in [3.63, 3.8) is 0 Å². The van der Waals surface area contributed by atoms with Gasteiger partial charge in [0.25, 0.3) is 11.8 Å². The van der Waals surface area contributed by atoms with Gasteiger partial charge in [-0.1, -0.05) is 0 Å². The highest BCUT2D eigenvalue weighted by molar-refractivity contribution is 6.43. The molecule has 0 heterocycles. The molecule has 6 nitrogen and oxygen atoms in total. The van der Waals surface area contributed by atoms with Crippen molar-refractivity contribution in [3.05, 3.63) is 11.8 Å². The largest absolute Gasteiger partial charge is 0.469 e. The molecule has 0 unspecified atom stereocenters. The summed E-state index contributed by atoms with van der Waals surface area (Å²) in [4.78, 5) is 25.9. The van der Waals surface area contributed by atoms with Crippen LogP contribution in [-0.4, -0.2) is 44.2 Å². The standard InChI is InChI=1S/C11H17F2N3O3/c1-11(12,13)8(14)6-7(15-2)10(18)16-5-4-9(17)19-3/h6H,4-5,14H2,1-3H3,(H,16,18)/b8-6-,15-7?. The number of rotatable bonds is 6. The molecule has 3 N–H and O–H groups in total. The molecule has 0 aromatic rings. The summed E-state index contributed by atoms with van der Waals surface area (Å²) in [6.07, 6.45) is 0.774. The van der Waals surface area contributed by atoms with Crippen LogP contribution in [0, 0.1) is 0 Å². The van der Waals surface area contributed by atoms with Gasteiger partial charge in [0.05, 0.1) is 19.2 Å². The summed E-state index contributed by atoms with van der Waals surface area (Å²) in [7, 11) is 2.49. The normalized spacial score (nSPS) is 13.1. The number of esters is 1. The van der Waals surface area contributed by atoms with Crippen molar-refractivity contribution in [2.45, 2.75) is 19.3 Å². The van der Waals surface area contributed by atoms with Crippen molar-refractivity contribution in [2.24, 2.45) is 10.7 Å². The van der Waals surface area contributed by atoms with E-state index >= 15 is 0 Å². The molecular weight excluding hydrogens is 260 g/mol. The zero-order chi connectivity index (χ0) is 15.1. The monoisotopic (exact) mass is 277 g/mol. The minimum Gasteiger partial charge on any atom is -0.469 e. The minimum atomic E-state index is -3.23. The van der Waals surface area contributed by atoms with Gasteiger partial charge in [-0.05, 0) is 6.08 Å². The Morgan fingerprint density at radius 1 is 1.47 bits per heavy atom.